The molecule has 0 saturated carbocycles. The van der Waals surface area contributed by atoms with E-state index in [0.717, 1.165) is 19.3 Å². The number of carbonyl (C=O) groups is 2. The van der Waals surface area contributed by atoms with Gasteiger partial charge in [-0.15, -0.1) is 0 Å². The second-order valence-electron chi connectivity index (χ2n) is 7.98. The van der Waals surface area contributed by atoms with Gasteiger partial charge in [0.1, 0.15) is 0 Å². The predicted octanol–water partition coefficient (Wildman–Crippen LogP) is 5.35. The average molecular weight is 381 g/mol. The van der Waals surface area contributed by atoms with Crippen LogP contribution in [0.1, 0.15) is 73.7 Å². The normalized spacial score (nSPS) is 11.2. The van der Waals surface area contributed by atoms with Gasteiger partial charge in [-0.3, -0.25) is 9.59 Å². The number of hydrogen-bond acceptors (Lipinski definition) is 2. The fourth-order valence-corrected chi connectivity index (χ4v) is 3.20. The van der Waals surface area contributed by atoms with Gasteiger partial charge in [0.15, 0.2) is 0 Å². The van der Waals surface area contributed by atoms with Gasteiger partial charge >= 0.3 is 0 Å². The molecule has 2 amide bonds. The van der Waals surface area contributed by atoms with E-state index in [-0.39, 0.29) is 11.8 Å². The van der Waals surface area contributed by atoms with Crippen molar-refractivity contribution in [3.63, 3.8) is 0 Å². The number of benzene rings is 2. The van der Waals surface area contributed by atoms with Crippen LogP contribution in [0.3, 0.4) is 0 Å². The SMILES string of the molecule is CCCCc1ccc(C(=O)N(N(CC)C(=O)c2ccccc2)C(C)(C)C)cc1. The molecule has 28 heavy (non-hydrogen) atoms. The minimum Gasteiger partial charge on any atom is -0.267 e. The van der Waals surface area contributed by atoms with Crippen molar-refractivity contribution < 1.29 is 9.59 Å². The summed E-state index contributed by atoms with van der Waals surface area (Å²) in [5, 5.41) is 3.13. The zero-order chi connectivity index (χ0) is 20.7. The quantitative estimate of drug-likeness (QED) is 0.634. The number of aryl methyl sites for hydroxylation is 1. The lowest BCUT2D eigenvalue weighted by atomic mass is 10.0. The second kappa shape index (κ2) is 9.54. The van der Waals surface area contributed by atoms with Gasteiger partial charge in [-0.1, -0.05) is 43.7 Å². The van der Waals surface area contributed by atoms with Crippen LogP contribution in [-0.4, -0.2) is 33.9 Å². The molecule has 2 rings (SSSR count). The Labute approximate surface area is 169 Å². The van der Waals surface area contributed by atoms with Gasteiger partial charge < -0.3 is 0 Å². The molecule has 0 aliphatic heterocycles. The van der Waals surface area contributed by atoms with Crippen LogP contribution < -0.4 is 0 Å². The predicted molar refractivity (Wildman–Crippen MR) is 114 cm³/mol. The van der Waals surface area contributed by atoms with Gasteiger partial charge in [-0.2, -0.15) is 0 Å². The molecular weight excluding hydrogens is 348 g/mol. The number of unbranched alkanes of at least 4 members (excludes halogenated alkanes) is 1. The standard InChI is InChI=1S/C24H32N2O2/c1-6-8-12-19-15-17-21(18-16-19)23(28)26(24(3,4)5)25(7-2)22(27)20-13-10-9-11-14-20/h9-11,13-18H,6-8,12H2,1-5H3. The summed E-state index contributed by atoms with van der Waals surface area (Å²) >= 11 is 0. The monoisotopic (exact) mass is 380 g/mol. The van der Waals surface area contributed by atoms with Crippen LogP contribution in [0.25, 0.3) is 0 Å². The Morgan fingerprint density at radius 3 is 1.89 bits per heavy atom. The molecule has 0 atom stereocenters. The second-order valence-corrected chi connectivity index (χ2v) is 7.98. The third-order valence-electron chi connectivity index (χ3n) is 4.64. The molecule has 0 unspecified atom stereocenters. The molecule has 0 N–H and O–H groups in total. The summed E-state index contributed by atoms with van der Waals surface area (Å²) < 4.78 is 0. The van der Waals surface area contributed by atoms with Gasteiger partial charge in [0.2, 0.25) is 0 Å². The molecule has 0 bridgehead atoms. The van der Waals surface area contributed by atoms with Crippen LogP contribution in [0.5, 0.6) is 0 Å². The molecule has 0 spiro atoms. The van der Waals surface area contributed by atoms with Crippen molar-refractivity contribution in [1.82, 2.24) is 10.0 Å². The van der Waals surface area contributed by atoms with Crippen molar-refractivity contribution in [2.24, 2.45) is 0 Å². The van der Waals surface area contributed by atoms with Crippen LogP contribution in [0, 0.1) is 0 Å². The Morgan fingerprint density at radius 1 is 0.821 bits per heavy atom. The van der Waals surface area contributed by atoms with Gasteiger partial charge in [-0.05, 0) is 70.4 Å². The lowest BCUT2D eigenvalue weighted by molar-refractivity contribution is -0.0410. The van der Waals surface area contributed by atoms with E-state index in [4.69, 9.17) is 0 Å². The molecule has 0 saturated heterocycles. The van der Waals surface area contributed by atoms with E-state index in [0.29, 0.717) is 17.7 Å². The number of hydrazine groups is 1. The Bertz CT molecular complexity index is 777. The fourth-order valence-electron chi connectivity index (χ4n) is 3.20. The van der Waals surface area contributed by atoms with Gasteiger partial charge in [-0.25, -0.2) is 10.0 Å². The Hall–Kier alpha value is -2.62. The summed E-state index contributed by atoms with van der Waals surface area (Å²) in [5.41, 5.74) is 1.85. The summed E-state index contributed by atoms with van der Waals surface area (Å²) in [7, 11) is 0. The highest BCUT2D eigenvalue weighted by Gasteiger charge is 2.35. The highest BCUT2D eigenvalue weighted by molar-refractivity contribution is 5.99. The average Bonchev–Trinajstić information content (AvgIpc) is 2.69. The minimum absolute atomic E-state index is 0.166. The first-order valence-electron chi connectivity index (χ1n) is 10.1. The zero-order valence-electron chi connectivity index (χ0n) is 17.7. The Kier molecular flexibility index (Phi) is 7.38. The molecule has 0 fully saturated rings. The van der Waals surface area contributed by atoms with Crippen molar-refractivity contribution >= 4 is 11.8 Å². The molecule has 0 heterocycles. The van der Waals surface area contributed by atoms with Crippen molar-refractivity contribution in [2.75, 3.05) is 6.54 Å². The maximum Gasteiger partial charge on any atom is 0.272 e. The van der Waals surface area contributed by atoms with E-state index in [1.807, 2.05) is 70.2 Å². The summed E-state index contributed by atoms with van der Waals surface area (Å²) in [5.74, 6) is -0.341. The number of hydrogen-bond donors (Lipinski definition) is 0. The third-order valence-corrected chi connectivity index (χ3v) is 4.64. The lowest BCUT2D eigenvalue weighted by Gasteiger charge is -2.43. The fraction of sp³-hybridized carbons (Fsp3) is 0.417. The molecule has 0 aliphatic rings. The van der Waals surface area contributed by atoms with Crippen LogP contribution in [0.15, 0.2) is 54.6 Å². The summed E-state index contributed by atoms with van der Waals surface area (Å²) in [6.07, 6.45) is 3.30. The van der Waals surface area contributed by atoms with Crippen molar-refractivity contribution in [2.45, 2.75) is 59.4 Å². The number of rotatable bonds is 6. The topological polar surface area (TPSA) is 40.6 Å². The number of nitrogens with zero attached hydrogens (tertiary/aromatic N) is 2. The van der Waals surface area contributed by atoms with Gasteiger partial charge in [0, 0.05) is 17.7 Å². The number of carbonyl (C=O) groups excluding carboxylic acids is 2. The first kappa shape index (κ1) is 21.7. The highest BCUT2D eigenvalue weighted by atomic mass is 16.2. The molecule has 150 valence electrons. The van der Waals surface area contributed by atoms with E-state index in [1.54, 1.807) is 22.2 Å². The molecule has 4 heteroatoms. The molecule has 4 nitrogen and oxygen atoms in total. The summed E-state index contributed by atoms with van der Waals surface area (Å²) in [4.78, 5) is 26.5. The summed E-state index contributed by atoms with van der Waals surface area (Å²) in [6.45, 7) is 10.3. The van der Waals surface area contributed by atoms with Crippen LogP contribution in [0.4, 0.5) is 0 Å². The van der Waals surface area contributed by atoms with Crippen molar-refractivity contribution in [1.29, 1.82) is 0 Å². The van der Waals surface area contributed by atoms with E-state index < -0.39 is 5.54 Å². The maximum absolute atomic E-state index is 13.4. The number of amides is 2. The first-order valence-corrected chi connectivity index (χ1v) is 10.1. The van der Waals surface area contributed by atoms with E-state index in [9.17, 15) is 9.59 Å². The molecule has 2 aromatic rings. The maximum atomic E-state index is 13.4. The van der Waals surface area contributed by atoms with Gasteiger partial charge in [0.05, 0.1) is 5.54 Å². The van der Waals surface area contributed by atoms with E-state index in [1.165, 1.54) is 5.56 Å². The van der Waals surface area contributed by atoms with E-state index in [2.05, 4.69) is 6.92 Å². The van der Waals surface area contributed by atoms with Gasteiger partial charge in [0.25, 0.3) is 11.8 Å². The van der Waals surface area contributed by atoms with Crippen LogP contribution >= 0.6 is 0 Å². The van der Waals surface area contributed by atoms with Crippen LogP contribution in [-0.2, 0) is 6.42 Å². The smallest absolute Gasteiger partial charge is 0.267 e. The first-order chi connectivity index (χ1) is 13.3. The van der Waals surface area contributed by atoms with Crippen molar-refractivity contribution in [3.8, 4) is 0 Å². The molecule has 2 aromatic carbocycles. The highest BCUT2D eigenvalue weighted by Crippen LogP contribution is 2.22. The van der Waals surface area contributed by atoms with E-state index >= 15 is 0 Å². The largest absolute Gasteiger partial charge is 0.272 e. The molecular formula is C24H32N2O2. The van der Waals surface area contributed by atoms with Crippen molar-refractivity contribution in [3.05, 3.63) is 71.3 Å². The van der Waals surface area contributed by atoms with Crippen LogP contribution in [0.2, 0.25) is 0 Å². The molecule has 0 aromatic heterocycles. The minimum atomic E-state index is -0.543. The Balaban J connectivity index is 2.34. The third kappa shape index (κ3) is 5.22. The lowest BCUT2D eigenvalue weighted by Crippen LogP contribution is -2.58. The molecule has 0 aliphatic carbocycles. The summed E-state index contributed by atoms with van der Waals surface area (Å²) in [6, 6.07) is 16.9. The molecule has 0 radical (unpaired) electrons. The Morgan fingerprint density at radius 2 is 1.39 bits per heavy atom. The zero-order valence-corrected chi connectivity index (χ0v) is 17.7.